The van der Waals surface area contributed by atoms with Crippen molar-refractivity contribution >= 4 is 21.5 Å². The van der Waals surface area contributed by atoms with Gasteiger partial charge in [0, 0.05) is 16.2 Å². The van der Waals surface area contributed by atoms with Crippen molar-refractivity contribution in [2.45, 2.75) is 84.0 Å². The van der Waals surface area contributed by atoms with Gasteiger partial charge in [-0.15, -0.1) is 0 Å². The number of hydrogen-bond donors (Lipinski definition) is 0. The lowest BCUT2D eigenvalue weighted by atomic mass is 9.78. The Morgan fingerprint density at radius 1 is 0.316 bits per heavy atom. The molecule has 0 aromatic heterocycles. The van der Waals surface area contributed by atoms with Gasteiger partial charge in [0.1, 0.15) is 0 Å². The third kappa shape index (κ3) is 4.74. The van der Waals surface area contributed by atoms with Crippen molar-refractivity contribution in [2.75, 3.05) is 0 Å². The molecule has 8 aromatic rings. The van der Waals surface area contributed by atoms with E-state index in [0.29, 0.717) is 0 Å². The average Bonchev–Trinajstić information content (AvgIpc) is 3.67. The molecule has 57 heavy (non-hydrogen) atoms. The maximum atomic E-state index is 2.49. The van der Waals surface area contributed by atoms with E-state index in [2.05, 4.69) is 202 Å². The third-order valence-corrected chi connectivity index (χ3v) is 14.4. The Kier molecular flexibility index (Phi) is 6.80. The smallest absolute Gasteiger partial charge is 0.0159 e. The number of benzene rings is 8. The fourth-order valence-corrected chi connectivity index (χ4v) is 10.9. The third-order valence-electron chi connectivity index (χ3n) is 14.4. The minimum atomic E-state index is -0.128. The fourth-order valence-electron chi connectivity index (χ4n) is 10.9. The first kappa shape index (κ1) is 34.5. The van der Waals surface area contributed by atoms with Crippen LogP contribution in [0.3, 0.4) is 0 Å². The Bertz CT molecular complexity index is 3060. The lowest BCUT2D eigenvalue weighted by molar-refractivity contribution is 0.584. The Morgan fingerprint density at radius 2 is 0.719 bits per heavy atom. The molecule has 0 radical (unpaired) electrons. The summed E-state index contributed by atoms with van der Waals surface area (Å²) in [6.45, 7) is 21.3. The average molecular weight is 735 g/mol. The predicted octanol–water partition coefficient (Wildman–Crippen LogP) is 15.5. The van der Waals surface area contributed by atoms with Crippen LogP contribution in [0.1, 0.15) is 101 Å². The summed E-state index contributed by atoms with van der Waals surface area (Å²) in [5, 5.41) is 5.25. The normalized spacial score (nSPS) is 16.2. The van der Waals surface area contributed by atoms with Gasteiger partial charge in [-0.2, -0.15) is 0 Å². The van der Waals surface area contributed by atoms with Gasteiger partial charge < -0.3 is 0 Å². The molecule has 11 rings (SSSR count). The molecule has 0 N–H and O–H groups in total. The Balaban J connectivity index is 0.959. The summed E-state index contributed by atoms with van der Waals surface area (Å²) in [7, 11) is 0. The summed E-state index contributed by atoms with van der Waals surface area (Å²) >= 11 is 0. The molecule has 0 heterocycles. The second-order valence-electron chi connectivity index (χ2n) is 19.8. The van der Waals surface area contributed by atoms with Gasteiger partial charge in [-0.3, -0.25) is 0 Å². The van der Waals surface area contributed by atoms with Gasteiger partial charge in [0.05, 0.1) is 0 Å². The minimum absolute atomic E-state index is 0.0280. The van der Waals surface area contributed by atoms with Crippen LogP contribution in [0, 0.1) is 0 Å². The van der Waals surface area contributed by atoms with Crippen molar-refractivity contribution in [3.8, 4) is 55.6 Å². The number of hydrogen-bond acceptors (Lipinski definition) is 0. The van der Waals surface area contributed by atoms with E-state index in [9.17, 15) is 0 Å². The van der Waals surface area contributed by atoms with E-state index in [0.717, 1.165) is 0 Å². The quantitative estimate of drug-likeness (QED) is 0.155. The largest absolute Gasteiger partial charge is 0.0619 e. The minimum Gasteiger partial charge on any atom is -0.0619 e. The lowest BCUT2D eigenvalue weighted by Crippen LogP contribution is -2.17. The second-order valence-corrected chi connectivity index (χ2v) is 19.8. The zero-order chi connectivity index (χ0) is 39.4. The molecule has 278 valence electrons. The van der Waals surface area contributed by atoms with E-state index in [4.69, 9.17) is 0 Å². The highest BCUT2D eigenvalue weighted by molar-refractivity contribution is 6.11. The highest BCUT2D eigenvalue weighted by Crippen LogP contribution is 2.54. The van der Waals surface area contributed by atoms with Crippen molar-refractivity contribution in [3.05, 3.63) is 178 Å². The van der Waals surface area contributed by atoms with E-state index in [1.165, 1.54) is 116 Å². The standard InChI is InChI=1S/C57H50/c1-54(2,3)39-21-25-44-43-24-20-37(30-51(43)57(8,9)52(44)31-39)36-19-23-42-41-22-18-35(28-49(41)56(6,7)50(42)29-36)34-16-14-33-15-17-38-27-47-40-12-10-11-13-48(40)55(4,5)53(47)32-46(38)45(33)26-34/h10-32H,1-9H3. The molecule has 0 bridgehead atoms. The molecule has 0 unspecified atom stereocenters. The summed E-state index contributed by atoms with van der Waals surface area (Å²) < 4.78 is 0. The fraction of sp³-hybridized carbons (Fsp3) is 0.228. The summed E-state index contributed by atoms with van der Waals surface area (Å²) in [5.74, 6) is 0. The number of fused-ring (bicyclic) bond motifs is 12. The highest BCUT2D eigenvalue weighted by Gasteiger charge is 2.39. The van der Waals surface area contributed by atoms with Crippen LogP contribution in [0.4, 0.5) is 0 Å². The van der Waals surface area contributed by atoms with Gasteiger partial charge >= 0.3 is 0 Å². The maximum Gasteiger partial charge on any atom is 0.0159 e. The molecule has 3 aliphatic carbocycles. The van der Waals surface area contributed by atoms with Crippen LogP contribution in [-0.2, 0) is 21.7 Å². The molecule has 0 nitrogen and oxygen atoms in total. The second kappa shape index (κ2) is 11.2. The maximum absolute atomic E-state index is 2.49. The molecule has 0 aliphatic heterocycles. The van der Waals surface area contributed by atoms with E-state index in [-0.39, 0.29) is 21.7 Å². The van der Waals surface area contributed by atoms with Gasteiger partial charge in [-0.1, -0.05) is 165 Å². The first-order chi connectivity index (χ1) is 27.1. The Morgan fingerprint density at radius 3 is 1.30 bits per heavy atom. The molecule has 3 aliphatic rings. The van der Waals surface area contributed by atoms with Crippen LogP contribution in [0.2, 0.25) is 0 Å². The molecular weight excluding hydrogens is 685 g/mol. The van der Waals surface area contributed by atoms with Gasteiger partial charge in [0.2, 0.25) is 0 Å². The topological polar surface area (TPSA) is 0 Å². The summed E-state index contributed by atoms with van der Waals surface area (Å²) in [6.07, 6.45) is 0. The van der Waals surface area contributed by atoms with Crippen LogP contribution in [0.25, 0.3) is 77.2 Å². The van der Waals surface area contributed by atoms with Crippen molar-refractivity contribution in [3.63, 3.8) is 0 Å². The molecule has 0 atom stereocenters. The molecule has 0 heteroatoms. The molecule has 0 spiro atoms. The van der Waals surface area contributed by atoms with Gasteiger partial charge in [0.15, 0.2) is 0 Å². The van der Waals surface area contributed by atoms with Crippen molar-refractivity contribution < 1.29 is 0 Å². The summed E-state index contributed by atoms with van der Waals surface area (Å²) in [4.78, 5) is 0. The first-order valence-corrected chi connectivity index (χ1v) is 20.8. The molecular formula is C57H50. The van der Waals surface area contributed by atoms with Crippen LogP contribution < -0.4 is 0 Å². The molecule has 0 saturated carbocycles. The monoisotopic (exact) mass is 734 g/mol. The van der Waals surface area contributed by atoms with Crippen molar-refractivity contribution in [1.82, 2.24) is 0 Å². The molecule has 8 aromatic carbocycles. The van der Waals surface area contributed by atoms with Gasteiger partial charge in [0.25, 0.3) is 0 Å². The molecule has 0 amide bonds. The Labute approximate surface area is 338 Å². The summed E-state index contributed by atoms with van der Waals surface area (Å²) in [6, 6.07) is 54.2. The predicted molar refractivity (Wildman–Crippen MR) is 244 cm³/mol. The zero-order valence-corrected chi connectivity index (χ0v) is 34.8. The van der Waals surface area contributed by atoms with Crippen LogP contribution in [0.15, 0.2) is 140 Å². The first-order valence-electron chi connectivity index (χ1n) is 20.8. The van der Waals surface area contributed by atoms with Crippen LogP contribution >= 0.6 is 0 Å². The SMILES string of the molecule is CC(C)(C)c1ccc2c(c1)C(C)(C)c1cc(-c3ccc4c(c3)C(C)(C)c3cc(-c5ccc6ccc7cc8c(cc7c6c5)C(C)(C)c5ccccc5-8)ccc3-4)ccc1-2. The van der Waals surface area contributed by atoms with Crippen molar-refractivity contribution in [1.29, 1.82) is 0 Å². The number of rotatable bonds is 2. The zero-order valence-electron chi connectivity index (χ0n) is 34.8. The van der Waals surface area contributed by atoms with E-state index >= 15 is 0 Å². The van der Waals surface area contributed by atoms with E-state index in [1.807, 2.05) is 0 Å². The van der Waals surface area contributed by atoms with Gasteiger partial charge in [-0.05, 0) is 158 Å². The van der Waals surface area contributed by atoms with Crippen LogP contribution in [-0.4, -0.2) is 0 Å². The van der Waals surface area contributed by atoms with Crippen LogP contribution in [0.5, 0.6) is 0 Å². The van der Waals surface area contributed by atoms with E-state index < -0.39 is 0 Å². The molecule has 0 fully saturated rings. The van der Waals surface area contributed by atoms with E-state index in [1.54, 1.807) is 0 Å². The van der Waals surface area contributed by atoms with Gasteiger partial charge in [-0.25, -0.2) is 0 Å². The van der Waals surface area contributed by atoms with Crippen molar-refractivity contribution in [2.24, 2.45) is 0 Å². The molecule has 0 saturated heterocycles. The summed E-state index contributed by atoms with van der Waals surface area (Å²) in [5.41, 5.74) is 23.2. The lowest BCUT2D eigenvalue weighted by Gasteiger charge is -2.25. The highest BCUT2D eigenvalue weighted by atomic mass is 14.4. The Hall–Kier alpha value is -5.72.